The van der Waals surface area contributed by atoms with Crippen LogP contribution in [-0.4, -0.2) is 74.1 Å². The third-order valence-electron chi connectivity index (χ3n) is 5.09. The van der Waals surface area contributed by atoms with Gasteiger partial charge in [0.15, 0.2) is 5.96 Å². The normalized spacial score (nSPS) is 17.2. The van der Waals surface area contributed by atoms with Gasteiger partial charge < -0.3 is 24.8 Å². The molecule has 0 aliphatic carbocycles. The van der Waals surface area contributed by atoms with E-state index in [2.05, 4.69) is 15.2 Å². The summed E-state index contributed by atoms with van der Waals surface area (Å²) in [6, 6.07) is 8.09. The molecule has 2 fully saturated rings. The van der Waals surface area contributed by atoms with Crippen molar-refractivity contribution in [1.82, 2.24) is 15.1 Å². The van der Waals surface area contributed by atoms with Crippen molar-refractivity contribution in [2.75, 3.05) is 51.3 Å². The lowest BCUT2D eigenvalue weighted by Crippen LogP contribution is -2.53. The lowest BCUT2D eigenvalue weighted by atomic mass is 10.2. The molecule has 0 bridgehead atoms. The summed E-state index contributed by atoms with van der Waals surface area (Å²) >= 11 is 0. The molecule has 0 unspecified atom stereocenters. The van der Waals surface area contributed by atoms with E-state index in [1.54, 1.807) is 11.9 Å². The number of hydrogen-bond donors (Lipinski definition) is 1. The number of anilines is 1. The van der Waals surface area contributed by atoms with E-state index in [9.17, 15) is 9.59 Å². The van der Waals surface area contributed by atoms with Crippen LogP contribution in [0.1, 0.15) is 25.3 Å². The number of nitrogens with zero attached hydrogens (tertiary/aromatic N) is 4. The molecule has 1 N–H and O–H groups in total. The van der Waals surface area contributed by atoms with Gasteiger partial charge in [0, 0.05) is 58.4 Å². The van der Waals surface area contributed by atoms with Crippen LogP contribution in [0.15, 0.2) is 29.3 Å². The zero-order chi connectivity index (χ0) is 19.9. The van der Waals surface area contributed by atoms with Gasteiger partial charge in [0.25, 0.3) is 0 Å². The van der Waals surface area contributed by atoms with E-state index in [0.29, 0.717) is 45.8 Å². The van der Waals surface area contributed by atoms with Crippen LogP contribution in [0, 0.1) is 0 Å². The first-order valence-corrected chi connectivity index (χ1v) is 9.89. The van der Waals surface area contributed by atoms with Crippen molar-refractivity contribution in [2.24, 2.45) is 4.99 Å². The van der Waals surface area contributed by atoms with E-state index < -0.39 is 0 Å². The molecule has 1 aromatic rings. The van der Waals surface area contributed by atoms with E-state index in [1.807, 2.05) is 36.1 Å². The number of rotatable bonds is 4. The van der Waals surface area contributed by atoms with E-state index >= 15 is 0 Å². The summed E-state index contributed by atoms with van der Waals surface area (Å²) < 4.78 is 5.06. The van der Waals surface area contributed by atoms with Gasteiger partial charge in [0.2, 0.25) is 5.91 Å². The minimum Gasteiger partial charge on any atom is -0.450 e. The van der Waals surface area contributed by atoms with Crippen LogP contribution < -0.4 is 10.2 Å². The Labute approximate surface area is 189 Å². The fourth-order valence-electron chi connectivity index (χ4n) is 3.54. The second-order valence-electron chi connectivity index (χ2n) is 6.89. The number of carbonyl (C=O) groups excluding carboxylic acids is 2. The van der Waals surface area contributed by atoms with Gasteiger partial charge in [-0.3, -0.25) is 9.79 Å². The number of piperazine rings is 1. The average molecular weight is 515 g/mol. The minimum atomic E-state index is -0.248. The quantitative estimate of drug-likeness (QED) is 0.379. The molecule has 8 nitrogen and oxygen atoms in total. The summed E-state index contributed by atoms with van der Waals surface area (Å²) in [6.07, 6.45) is 1.33. The molecule has 2 heterocycles. The van der Waals surface area contributed by atoms with Gasteiger partial charge in [-0.15, -0.1) is 24.0 Å². The number of hydrogen-bond acceptors (Lipinski definition) is 4. The van der Waals surface area contributed by atoms with Crippen molar-refractivity contribution in [3.63, 3.8) is 0 Å². The Balaban J connectivity index is 0.00000300. The molecular weight excluding hydrogens is 485 g/mol. The first-order chi connectivity index (χ1) is 13.6. The first-order valence-electron chi connectivity index (χ1n) is 9.89. The minimum absolute atomic E-state index is 0. The van der Waals surface area contributed by atoms with Crippen molar-refractivity contribution in [2.45, 2.75) is 26.3 Å². The molecule has 0 spiro atoms. The lowest BCUT2D eigenvalue weighted by Gasteiger charge is -2.35. The molecule has 0 atom stereocenters. The number of benzene rings is 1. The van der Waals surface area contributed by atoms with Gasteiger partial charge in [-0.25, -0.2) is 4.79 Å². The Morgan fingerprint density at radius 2 is 1.76 bits per heavy atom. The van der Waals surface area contributed by atoms with E-state index in [4.69, 9.17) is 4.74 Å². The van der Waals surface area contributed by atoms with Crippen molar-refractivity contribution < 1.29 is 14.3 Å². The molecule has 2 amide bonds. The third kappa shape index (κ3) is 5.97. The van der Waals surface area contributed by atoms with Crippen molar-refractivity contribution in [1.29, 1.82) is 0 Å². The van der Waals surface area contributed by atoms with Crippen LogP contribution in [0.4, 0.5) is 10.5 Å². The molecule has 1 aromatic carbocycles. The van der Waals surface area contributed by atoms with Gasteiger partial charge >= 0.3 is 6.09 Å². The van der Waals surface area contributed by atoms with E-state index in [-0.39, 0.29) is 36.0 Å². The zero-order valence-electron chi connectivity index (χ0n) is 17.1. The maximum atomic E-state index is 11.9. The van der Waals surface area contributed by atoms with Crippen LogP contribution in [0.2, 0.25) is 0 Å². The van der Waals surface area contributed by atoms with Gasteiger partial charge in [-0.05, 0) is 31.0 Å². The maximum absolute atomic E-state index is 11.9. The molecular formula is C20H30IN5O3. The van der Waals surface area contributed by atoms with Crippen molar-refractivity contribution in [3.8, 4) is 0 Å². The summed E-state index contributed by atoms with van der Waals surface area (Å²) in [7, 11) is 1.77. The molecule has 0 aromatic heterocycles. The summed E-state index contributed by atoms with van der Waals surface area (Å²) in [5.41, 5.74) is 2.09. The SMILES string of the molecule is CCOC(=O)N1CCN(C(=NC)NCc2ccc(N3CCCC3=O)cc2)CC1.I. The summed E-state index contributed by atoms with van der Waals surface area (Å²) in [5.74, 6) is 1.02. The van der Waals surface area contributed by atoms with Crippen molar-refractivity contribution in [3.05, 3.63) is 29.8 Å². The third-order valence-corrected chi connectivity index (χ3v) is 5.09. The number of guanidine groups is 1. The van der Waals surface area contributed by atoms with Gasteiger partial charge in [0.1, 0.15) is 0 Å². The van der Waals surface area contributed by atoms with E-state index in [1.165, 1.54) is 0 Å². The molecule has 0 saturated carbocycles. The lowest BCUT2D eigenvalue weighted by molar-refractivity contribution is -0.117. The largest absolute Gasteiger partial charge is 0.450 e. The molecule has 2 aliphatic heterocycles. The Bertz CT molecular complexity index is 717. The average Bonchev–Trinajstić information content (AvgIpc) is 3.15. The fourth-order valence-corrected chi connectivity index (χ4v) is 3.54. The van der Waals surface area contributed by atoms with Crippen LogP contribution in [0.25, 0.3) is 0 Å². The smallest absolute Gasteiger partial charge is 0.409 e. The number of ether oxygens (including phenoxy) is 1. The predicted octanol–water partition coefficient (Wildman–Crippen LogP) is 2.28. The van der Waals surface area contributed by atoms with Gasteiger partial charge in [-0.2, -0.15) is 0 Å². The summed E-state index contributed by atoms with van der Waals surface area (Å²) in [6.45, 7) is 6.35. The van der Waals surface area contributed by atoms with Crippen LogP contribution >= 0.6 is 24.0 Å². The number of carbonyl (C=O) groups is 2. The Morgan fingerprint density at radius 1 is 1.10 bits per heavy atom. The zero-order valence-corrected chi connectivity index (χ0v) is 19.4. The van der Waals surface area contributed by atoms with Crippen LogP contribution in [0.5, 0.6) is 0 Å². The second-order valence-corrected chi connectivity index (χ2v) is 6.89. The number of aliphatic imine (C=N–C) groups is 1. The molecule has 2 aliphatic rings. The Morgan fingerprint density at radius 3 is 2.31 bits per heavy atom. The highest BCUT2D eigenvalue weighted by Gasteiger charge is 2.24. The topological polar surface area (TPSA) is 77.5 Å². The highest BCUT2D eigenvalue weighted by atomic mass is 127. The Kier molecular flexibility index (Phi) is 8.99. The highest BCUT2D eigenvalue weighted by Crippen LogP contribution is 2.21. The second kappa shape index (κ2) is 11.2. The van der Waals surface area contributed by atoms with Gasteiger partial charge in [-0.1, -0.05) is 12.1 Å². The van der Waals surface area contributed by atoms with Gasteiger partial charge in [0.05, 0.1) is 6.61 Å². The molecule has 2 saturated heterocycles. The standard InChI is InChI=1S/C20H29N5O3.HI/c1-3-28-20(27)24-13-11-23(12-14-24)19(21-2)22-15-16-6-8-17(9-7-16)25-10-4-5-18(25)26;/h6-9H,3-5,10-15H2,1-2H3,(H,21,22);1H. The highest BCUT2D eigenvalue weighted by molar-refractivity contribution is 14.0. The summed E-state index contributed by atoms with van der Waals surface area (Å²) in [4.78, 5) is 33.8. The van der Waals surface area contributed by atoms with Crippen molar-refractivity contribution >= 4 is 47.6 Å². The maximum Gasteiger partial charge on any atom is 0.409 e. The molecule has 29 heavy (non-hydrogen) atoms. The first kappa shape index (κ1) is 23.2. The molecule has 9 heteroatoms. The van der Waals surface area contributed by atoms with E-state index in [0.717, 1.165) is 30.2 Å². The number of halogens is 1. The molecule has 160 valence electrons. The van der Waals surface area contributed by atoms with Crippen LogP contribution in [-0.2, 0) is 16.1 Å². The van der Waals surface area contributed by atoms with Crippen LogP contribution in [0.3, 0.4) is 0 Å². The predicted molar refractivity (Wildman–Crippen MR) is 124 cm³/mol. The Hall–Kier alpha value is -2.04. The molecule has 3 rings (SSSR count). The number of nitrogens with one attached hydrogen (secondary N) is 1. The monoisotopic (exact) mass is 515 g/mol. The molecule has 0 radical (unpaired) electrons. The number of amides is 2. The fraction of sp³-hybridized carbons (Fsp3) is 0.550. The summed E-state index contributed by atoms with van der Waals surface area (Å²) in [5, 5.41) is 3.38.